The minimum atomic E-state index is 0.176. The second kappa shape index (κ2) is 11.5. The van der Waals surface area contributed by atoms with Crippen molar-refractivity contribution in [3.05, 3.63) is 0 Å². The zero-order chi connectivity index (χ0) is 11.4. The number of nitrogens with one attached hydrogen (secondary N) is 1. The molecule has 0 bridgehead atoms. The Bertz CT molecular complexity index is 149. The Balaban J connectivity index is 3.11. The maximum Gasteiger partial charge on any atom is 0.219 e. The van der Waals surface area contributed by atoms with Crippen molar-refractivity contribution in [1.29, 1.82) is 0 Å². The van der Waals surface area contributed by atoms with Crippen molar-refractivity contribution in [3.63, 3.8) is 0 Å². The molecule has 15 heavy (non-hydrogen) atoms. The molecule has 0 fully saturated rings. The summed E-state index contributed by atoms with van der Waals surface area (Å²) >= 11 is 0. The molecule has 0 aliphatic heterocycles. The van der Waals surface area contributed by atoms with Crippen molar-refractivity contribution in [3.8, 4) is 0 Å². The third-order valence-corrected chi connectivity index (χ3v) is 2.41. The molecule has 0 saturated heterocycles. The molecule has 0 aliphatic rings. The van der Waals surface area contributed by atoms with E-state index in [4.69, 9.17) is 5.11 Å². The molecule has 1 amide bonds. The summed E-state index contributed by atoms with van der Waals surface area (Å²) in [5, 5.41) is 11.5. The zero-order valence-corrected chi connectivity index (χ0v) is 9.93. The number of carbonyl (C=O) groups excluding carboxylic acids is 1. The molecule has 3 nitrogen and oxygen atoms in total. The molecule has 90 valence electrons. The van der Waals surface area contributed by atoms with Gasteiger partial charge >= 0.3 is 0 Å². The van der Waals surface area contributed by atoms with E-state index >= 15 is 0 Å². The lowest BCUT2D eigenvalue weighted by Gasteiger charge is -2.04. The Morgan fingerprint density at radius 3 is 2.47 bits per heavy atom. The van der Waals surface area contributed by atoms with Crippen LogP contribution >= 0.6 is 0 Å². The molecule has 0 spiro atoms. The highest BCUT2D eigenvalue weighted by molar-refractivity contribution is 5.75. The molecule has 2 N–H and O–H groups in total. The maximum atomic E-state index is 11.3. The van der Waals surface area contributed by atoms with E-state index in [1.165, 1.54) is 12.8 Å². The minimum absolute atomic E-state index is 0.176. The van der Waals surface area contributed by atoms with Crippen molar-refractivity contribution < 1.29 is 9.90 Å². The van der Waals surface area contributed by atoms with Crippen molar-refractivity contribution in [2.24, 2.45) is 0 Å². The van der Waals surface area contributed by atoms with E-state index < -0.39 is 0 Å². The van der Waals surface area contributed by atoms with Crippen LogP contribution in [-0.2, 0) is 4.79 Å². The monoisotopic (exact) mass is 215 g/mol. The molecule has 0 heterocycles. The molecule has 0 rings (SSSR count). The van der Waals surface area contributed by atoms with Gasteiger partial charge in [-0.15, -0.1) is 0 Å². The summed E-state index contributed by atoms with van der Waals surface area (Å²) in [6.45, 7) is 3.18. The van der Waals surface area contributed by atoms with E-state index in [-0.39, 0.29) is 12.5 Å². The fourth-order valence-corrected chi connectivity index (χ4v) is 1.44. The average Bonchev–Trinajstić information content (AvgIpc) is 2.24. The highest BCUT2D eigenvalue weighted by Gasteiger charge is 1.99. The normalized spacial score (nSPS) is 10.3. The van der Waals surface area contributed by atoms with Crippen LogP contribution in [0.25, 0.3) is 0 Å². The third-order valence-electron chi connectivity index (χ3n) is 2.41. The highest BCUT2D eigenvalue weighted by Crippen LogP contribution is 2.02. The van der Waals surface area contributed by atoms with Crippen LogP contribution in [0.15, 0.2) is 0 Å². The number of aliphatic hydroxyl groups is 1. The van der Waals surface area contributed by atoms with Crippen LogP contribution in [0.1, 0.15) is 58.3 Å². The van der Waals surface area contributed by atoms with Crippen LogP contribution in [0.2, 0.25) is 0 Å². The average molecular weight is 215 g/mol. The summed E-state index contributed by atoms with van der Waals surface area (Å²) in [5.41, 5.74) is 0. The summed E-state index contributed by atoms with van der Waals surface area (Å²) in [6.07, 6.45) is 8.08. The Labute approximate surface area is 93.3 Å². The third kappa shape index (κ3) is 11.4. The van der Waals surface area contributed by atoms with E-state index in [0.717, 1.165) is 38.6 Å². The Morgan fingerprint density at radius 2 is 1.80 bits per heavy atom. The van der Waals surface area contributed by atoms with Gasteiger partial charge in [-0.2, -0.15) is 0 Å². The van der Waals surface area contributed by atoms with E-state index in [1.54, 1.807) is 0 Å². The summed E-state index contributed by atoms with van der Waals surface area (Å²) in [7, 11) is 0. The number of amides is 1. The molecule has 0 aromatic carbocycles. The summed E-state index contributed by atoms with van der Waals surface area (Å²) in [6, 6.07) is 0. The van der Waals surface area contributed by atoms with Gasteiger partial charge in [0.2, 0.25) is 5.91 Å². The van der Waals surface area contributed by atoms with Gasteiger partial charge in [-0.1, -0.05) is 26.2 Å². The van der Waals surface area contributed by atoms with Gasteiger partial charge in [0, 0.05) is 19.6 Å². The number of unbranched alkanes of at least 4 members (excludes halogenated alkanes) is 5. The number of hydrogen-bond acceptors (Lipinski definition) is 2. The van der Waals surface area contributed by atoms with Crippen molar-refractivity contribution in [2.45, 2.75) is 58.3 Å². The van der Waals surface area contributed by atoms with Gasteiger partial charge < -0.3 is 10.4 Å². The van der Waals surface area contributed by atoms with E-state index in [9.17, 15) is 4.79 Å². The van der Waals surface area contributed by atoms with Crippen LogP contribution in [0.4, 0.5) is 0 Å². The predicted octanol–water partition coefficient (Wildman–Crippen LogP) is 2.24. The molecule has 0 aromatic heterocycles. The van der Waals surface area contributed by atoms with E-state index in [1.807, 2.05) is 0 Å². The van der Waals surface area contributed by atoms with E-state index in [2.05, 4.69) is 12.2 Å². The van der Waals surface area contributed by atoms with Crippen LogP contribution in [-0.4, -0.2) is 24.2 Å². The minimum Gasteiger partial charge on any atom is -0.396 e. The summed E-state index contributed by atoms with van der Waals surface area (Å²) < 4.78 is 0. The van der Waals surface area contributed by atoms with E-state index in [0.29, 0.717) is 6.42 Å². The summed E-state index contributed by atoms with van der Waals surface area (Å²) in [4.78, 5) is 11.3. The Hall–Kier alpha value is -0.570. The topological polar surface area (TPSA) is 49.3 Å². The maximum absolute atomic E-state index is 11.3. The molecule has 3 heteroatoms. The van der Waals surface area contributed by atoms with Gasteiger partial charge in [-0.05, 0) is 25.7 Å². The fraction of sp³-hybridized carbons (Fsp3) is 0.917. The number of carbonyl (C=O) groups is 1. The molecular formula is C12H25NO2. The fourth-order valence-electron chi connectivity index (χ4n) is 1.44. The molecular weight excluding hydrogens is 190 g/mol. The first kappa shape index (κ1) is 14.4. The largest absolute Gasteiger partial charge is 0.396 e. The SMILES string of the molecule is CCCCCCC(=O)NCCCCCO. The smallest absolute Gasteiger partial charge is 0.219 e. The van der Waals surface area contributed by atoms with Crippen molar-refractivity contribution >= 4 is 5.91 Å². The van der Waals surface area contributed by atoms with Gasteiger partial charge in [0.1, 0.15) is 0 Å². The van der Waals surface area contributed by atoms with Crippen LogP contribution < -0.4 is 5.32 Å². The van der Waals surface area contributed by atoms with Gasteiger partial charge in [0.05, 0.1) is 0 Å². The van der Waals surface area contributed by atoms with Gasteiger partial charge in [-0.3, -0.25) is 4.79 Å². The van der Waals surface area contributed by atoms with Gasteiger partial charge in [0.25, 0.3) is 0 Å². The zero-order valence-electron chi connectivity index (χ0n) is 9.93. The molecule has 0 aliphatic carbocycles. The van der Waals surface area contributed by atoms with Crippen LogP contribution in [0.3, 0.4) is 0 Å². The van der Waals surface area contributed by atoms with Crippen LogP contribution in [0, 0.1) is 0 Å². The summed E-state index contributed by atoms with van der Waals surface area (Å²) in [5.74, 6) is 0.176. The van der Waals surface area contributed by atoms with Gasteiger partial charge in [0.15, 0.2) is 0 Å². The Kier molecular flexibility index (Phi) is 11.1. The van der Waals surface area contributed by atoms with Crippen molar-refractivity contribution in [2.75, 3.05) is 13.2 Å². The molecule has 0 aromatic rings. The van der Waals surface area contributed by atoms with Gasteiger partial charge in [-0.25, -0.2) is 0 Å². The first-order chi connectivity index (χ1) is 7.31. The second-order valence-corrected chi connectivity index (χ2v) is 3.94. The quantitative estimate of drug-likeness (QED) is 0.549. The first-order valence-electron chi connectivity index (χ1n) is 6.18. The lowest BCUT2D eigenvalue weighted by atomic mass is 10.1. The molecule has 0 saturated carbocycles. The first-order valence-corrected chi connectivity index (χ1v) is 6.18. The Morgan fingerprint density at radius 1 is 1.07 bits per heavy atom. The second-order valence-electron chi connectivity index (χ2n) is 3.94. The predicted molar refractivity (Wildman–Crippen MR) is 62.7 cm³/mol. The molecule has 0 unspecified atom stereocenters. The standard InChI is InChI=1S/C12H25NO2/c1-2-3-4-6-9-12(15)13-10-7-5-8-11-14/h14H,2-11H2,1H3,(H,13,15). The number of hydrogen-bond donors (Lipinski definition) is 2. The molecule has 0 radical (unpaired) electrons. The highest BCUT2D eigenvalue weighted by atomic mass is 16.2. The lowest BCUT2D eigenvalue weighted by Crippen LogP contribution is -2.23. The van der Waals surface area contributed by atoms with Crippen LogP contribution in [0.5, 0.6) is 0 Å². The molecule has 0 atom stereocenters. The number of aliphatic hydroxyl groups excluding tert-OH is 1. The lowest BCUT2D eigenvalue weighted by molar-refractivity contribution is -0.121. The van der Waals surface area contributed by atoms with Crippen molar-refractivity contribution in [1.82, 2.24) is 5.32 Å². The number of rotatable bonds is 10.